The van der Waals surface area contributed by atoms with Crippen LogP contribution in [0.3, 0.4) is 0 Å². The van der Waals surface area contributed by atoms with Crippen molar-refractivity contribution < 1.29 is 14.6 Å². The maximum atomic E-state index is 11.5. The van der Waals surface area contributed by atoms with E-state index in [9.17, 15) is 9.90 Å². The van der Waals surface area contributed by atoms with Crippen molar-refractivity contribution in [1.82, 2.24) is 4.90 Å². The van der Waals surface area contributed by atoms with Crippen molar-refractivity contribution in [3.05, 3.63) is 0 Å². The summed E-state index contributed by atoms with van der Waals surface area (Å²) in [6.45, 7) is 6.79. The zero-order valence-electron chi connectivity index (χ0n) is 11.1. The molecule has 100 valence electrons. The van der Waals surface area contributed by atoms with E-state index < -0.39 is 11.5 Å². The Hall–Kier alpha value is -0.610. The molecule has 1 N–H and O–H groups in total. The Morgan fingerprint density at radius 2 is 1.94 bits per heavy atom. The van der Waals surface area contributed by atoms with E-state index in [4.69, 9.17) is 4.74 Å². The van der Waals surface area contributed by atoms with Crippen LogP contribution in [-0.2, 0) is 9.53 Å². The molecule has 0 aromatic carbocycles. The number of nitrogens with zero attached hydrogens (tertiary/aromatic N) is 1. The summed E-state index contributed by atoms with van der Waals surface area (Å²) in [5.41, 5.74) is -0.711. The number of aliphatic carboxylic acids is 1. The predicted octanol–water partition coefficient (Wildman–Crippen LogP) is 2.13. The van der Waals surface area contributed by atoms with Gasteiger partial charge in [-0.3, -0.25) is 9.69 Å². The van der Waals surface area contributed by atoms with Gasteiger partial charge in [-0.05, 0) is 13.3 Å². The molecule has 0 radical (unpaired) electrons. The van der Waals surface area contributed by atoms with Gasteiger partial charge in [-0.15, -0.1) is 0 Å². The summed E-state index contributed by atoms with van der Waals surface area (Å²) in [5, 5.41) is 9.46. The van der Waals surface area contributed by atoms with Gasteiger partial charge in [-0.1, -0.05) is 32.6 Å². The van der Waals surface area contributed by atoms with Crippen LogP contribution in [0.5, 0.6) is 0 Å². The number of morpholine rings is 1. The Bertz CT molecular complexity index is 239. The van der Waals surface area contributed by atoms with Crippen molar-refractivity contribution >= 4 is 5.97 Å². The van der Waals surface area contributed by atoms with Crippen molar-refractivity contribution in [2.75, 3.05) is 26.3 Å². The summed E-state index contributed by atoms with van der Waals surface area (Å²) in [4.78, 5) is 13.6. The number of hydrogen-bond acceptors (Lipinski definition) is 3. The molecule has 1 aliphatic heterocycles. The van der Waals surface area contributed by atoms with Crippen molar-refractivity contribution in [3.63, 3.8) is 0 Å². The van der Waals surface area contributed by atoms with Crippen molar-refractivity contribution in [2.45, 2.75) is 51.5 Å². The minimum Gasteiger partial charge on any atom is -0.480 e. The number of unbranched alkanes of at least 4 members (excludes halogenated alkanes) is 3. The van der Waals surface area contributed by atoms with E-state index >= 15 is 0 Å². The predicted molar refractivity (Wildman–Crippen MR) is 67.2 cm³/mol. The number of carboxylic acid groups (broad SMARTS) is 1. The van der Waals surface area contributed by atoms with Crippen LogP contribution in [-0.4, -0.2) is 47.8 Å². The van der Waals surface area contributed by atoms with Crippen LogP contribution in [0.4, 0.5) is 0 Å². The number of ether oxygens (including phenoxy) is 1. The second-order valence-electron chi connectivity index (χ2n) is 4.99. The average Bonchev–Trinajstić information content (AvgIpc) is 2.35. The lowest BCUT2D eigenvalue weighted by molar-refractivity contribution is -0.154. The lowest BCUT2D eigenvalue weighted by Crippen LogP contribution is -2.56. The number of carbonyl (C=O) groups is 1. The third-order valence-corrected chi connectivity index (χ3v) is 3.69. The van der Waals surface area contributed by atoms with Crippen LogP contribution in [0.15, 0.2) is 0 Å². The SMILES string of the molecule is CCCCCCC(C)(C(=O)O)N1CCOCC1. The highest BCUT2D eigenvalue weighted by Crippen LogP contribution is 2.24. The monoisotopic (exact) mass is 243 g/mol. The molecule has 0 amide bonds. The van der Waals surface area contributed by atoms with Crippen LogP contribution < -0.4 is 0 Å². The molecule has 4 nitrogen and oxygen atoms in total. The molecule has 17 heavy (non-hydrogen) atoms. The van der Waals surface area contributed by atoms with Crippen LogP contribution in [0, 0.1) is 0 Å². The lowest BCUT2D eigenvalue weighted by Gasteiger charge is -2.40. The van der Waals surface area contributed by atoms with Gasteiger partial charge in [-0.2, -0.15) is 0 Å². The lowest BCUT2D eigenvalue weighted by atomic mass is 9.91. The van der Waals surface area contributed by atoms with Crippen LogP contribution >= 0.6 is 0 Å². The summed E-state index contributed by atoms with van der Waals surface area (Å²) in [7, 11) is 0. The summed E-state index contributed by atoms with van der Waals surface area (Å²) >= 11 is 0. The highest BCUT2D eigenvalue weighted by molar-refractivity contribution is 5.78. The van der Waals surface area contributed by atoms with Gasteiger partial charge in [0.25, 0.3) is 0 Å². The van der Waals surface area contributed by atoms with Crippen molar-refractivity contribution in [1.29, 1.82) is 0 Å². The zero-order chi connectivity index (χ0) is 12.7. The van der Waals surface area contributed by atoms with Crippen LogP contribution in [0.2, 0.25) is 0 Å². The first kappa shape index (κ1) is 14.5. The van der Waals surface area contributed by atoms with E-state index in [-0.39, 0.29) is 0 Å². The van der Waals surface area contributed by atoms with E-state index in [1.807, 2.05) is 6.92 Å². The van der Waals surface area contributed by atoms with Gasteiger partial charge in [0, 0.05) is 13.1 Å². The Morgan fingerprint density at radius 1 is 1.29 bits per heavy atom. The standard InChI is InChI=1S/C13H25NO3/c1-3-4-5-6-7-13(2,12(15)16)14-8-10-17-11-9-14/h3-11H2,1-2H3,(H,15,16). The first-order valence-corrected chi connectivity index (χ1v) is 6.67. The highest BCUT2D eigenvalue weighted by Gasteiger charge is 2.39. The first-order chi connectivity index (χ1) is 8.11. The molecule has 1 fully saturated rings. The third-order valence-electron chi connectivity index (χ3n) is 3.69. The fourth-order valence-electron chi connectivity index (χ4n) is 2.35. The fourth-order valence-corrected chi connectivity index (χ4v) is 2.35. The van der Waals surface area contributed by atoms with Gasteiger partial charge in [0.05, 0.1) is 13.2 Å². The van der Waals surface area contributed by atoms with Crippen molar-refractivity contribution in [2.24, 2.45) is 0 Å². The second kappa shape index (κ2) is 6.97. The molecule has 0 aliphatic carbocycles. The second-order valence-corrected chi connectivity index (χ2v) is 4.99. The van der Waals surface area contributed by atoms with Crippen LogP contribution in [0.25, 0.3) is 0 Å². The molecule has 0 spiro atoms. The largest absolute Gasteiger partial charge is 0.480 e. The molecular formula is C13H25NO3. The Kier molecular flexibility index (Phi) is 5.92. The molecule has 0 aromatic rings. The quantitative estimate of drug-likeness (QED) is 0.696. The van der Waals surface area contributed by atoms with Crippen LogP contribution in [0.1, 0.15) is 46.0 Å². The summed E-state index contributed by atoms with van der Waals surface area (Å²) in [5.74, 6) is -0.698. The molecule has 1 saturated heterocycles. The zero-order valence-corrected chi connectivity index (χ0v) is 11.1. The molecule has 1 heterocycles. The maximum Gasteiger partial charge on any atom is 0.323 e. The van der Waals surface area contributed by atoms with Gasteiger partial charge in [0.15, 0.2) is 0 Å². The molecule has 1 aliphatic rings. The minimum absolute atomic E-state index is 0.651. The smallest absolute Gasteiger partial charge is 0.323 e. The molecule has 4 heteroatoms. The summed E-state index contributed by atoms with van der Waals surface area (Å²) in [6, 6.07) is 0. The Labute approximate surface area is 104 Å². The van der Waals surface area contributed by atoms with E-state index in [1.54, 1.807) is 0 Å². The minimum atomic E-state index is -0.711. The van der Waals surface area contributed by atoms with E-state index in [1.165, 1.54) is 12.8 Å². The summed E-state index contributed by atoms with van der Waals surface area (Å²) in [6.07, 6.45) is 5.24. The third kappa shape index (κ3) is 3.96. The molecule has 1 unspecified atom stereocenters. The Balaban J connectivity index is 2.51. The molecule has 0 bridgehead atoms. The number of rotatable bonds is 7. The van der Waals surface area contributed by atoms with E-state index in [0.29, 0.717) is 13.2 Å². The molecule has 1 atom stereocenters. The molecule has 0 saturated carbocycles. The first-order valence-electron chi connectivity index (χ1n) is 6.67. The number of hydrogen-bond donors (Lipinski definition) is 1. The van der Waals surface area contributed by atoms with Crippen molar-refractivity contribution in [3.8, 4) is 0 Å². The van der Waals surface area contributed by atoms with Gasteiger partial charge >= 0.3 is 5.97 Å². The normalized spacial score (nSPS) is 21.1. The topological polar surface area (TPSA) is 49.8 Å². The number of carboxylic acids is 1. The van der Waals surface area contributed by atoms with Gasteiger partial charge in [0.2, 0.25) is 0 Å². The summed E-state index contributed by atoms with van der Waals surface area (Å²) < 4.78 is 5.28. The fraction of sp³-hybridized carbons (Fsp3) is 0.923. The average molecular weight is 243 g/mol. The van der Waals surface area contributed by atoms with Gasteiger partial charge < -0.3 is 9.84 Å². The van der Waals surface area contributed by atoms with Gasteiger partial charge in [-0.25, -0.2) is 0 Å². The maximum absolute atomic E-state index is 11.5. The Morgan fingerprint density at radius 3 is 2.47 bits per heavy atom. The van der Waals surface area contributed by atoms with Gasteiger partial charge in [0.1, 0.15) is 5.54 Å². The molecule has 0 aromatic heterocycles. The highest BCUT2D eigenvalue weighted by atomic mass is 16.5. The van der Waals surface area contributed by atoms with E-state index in [2.05, 4.69) is 11.8 Å². The molecule has 1 rings (SSSR count). The molecular weight excluding hydrogens is 218 g/mol. The van der Waals surface area contributed by atoms with E-state index in [0.717, 1.165) is 32.4 Å².